The van der Waals surface area contributed by atoms with Crippen LogP contribution in [0.15, 0.2) is 60.0 Å². The molecule has 2 aromatic carbocycles. The topological polar surface area (TPSA) is 59.1 Å². The number of amides is 2. The number of hydrogen-bond acceptors (Lipinski definition) is 5. The van der Waals surface area contributed by atoms with Crippen molar-refractivity contribution >= 4 is 23.2 Å². The van der Waals surface area contributed by atoms with Gasteiger partial charge in [-0.15, -0.1) is 11.3 Å². The Morgan fingerprint density at radius 1 is 0.917 bits per heavy atom. The van der Waals surface area contributed by atoms with E-state index in [0.717, 1.165) is 34.6 Å². The van der Waals surface area contributed by atoms with Gasteiger partial charge in [0.05, 0.1) is 13.1 Å². The summed E-state index contributed by atoms with van der Waals surface area (Å²) in [6.45, 7) is 4.03. The molecule has 188 valence electrons. The number of nitrogens with zero attached hydrogens (tertiary/aromatic N) is 2. The van der Waals surface area contributed by atoms with Gasteiger partial charge in [0.15, 0.2) is 11.5 Å². The van der Waals surface area contributed by atoms with Crippen LogP contribution in [-0.4, -0.2) is 41.5 Å². The van der Waals surface area contributed by atoms with Crippen LogP contribution in [0.25, 0.3) is 0 Å². The molecule has 1 aliphatic heterocycles. The minimum Gasteiger partial charge on any atom is -0.454 e. The zero-order valence-corrected chi connectivity index (χ0v) is 21.5. The van der Waals surface area contributed by atoms with Crippen LogP contribution < -0.4 is 9.47 Å². The Morgan fingerprint density at radius 2 is 1.72 bits per heavy atom. The van der Waals surface area contributed by atoms with Crippen LogP contribution in [-0.2, 0) is 29.1 Å². The largest absolute Gasteiger partial charge is 0.454 e. The fourth-order valence-electron chi connectivity index (χ4n) is 4.42. The van der Waals surface area contributed by atoms with E-state index in [1.165, 1.54) is 5.56 Å². The smallest absolute Gasteiger partial charge is 0.242 e. The highest BCUT2D eigenvalue weighted by molar-refractivity contribution is 7.10. The van der Waals surface area contributed by atoms with Gasteiger partial charge in [-0.1, -0.05) is 36.4 Å². The summed E-state index contributed by atoms with van der Waals surface area (Å²) >= 11 is 1.66. The monoisotopic (exact) mass is 504 g/mol. The summed E-state index contributed by atoms with van der Waals surface area (Å²) in [5.41, 5.74) is 3.30. The second kappa shape index (κ2) is 11.2. The number of fused-ring (bicyclic) bond motifs is 1. The minimum atomic E-state index is -0.0332. The Labute approximate surface area is 216 Å². The lowest BCUT2D eigenvalue weighted by Crippen LogP contribution is -2.43. The van der Waals surface area contributed by atoms with Crippen molar-refractivity contribution in [1.82, 2.24) is 9.80 Å². The van der Waals surface area contributed by atoms with E-state index in [9.17, 15) is 9.59 Å². The molecule has 1 fully saturated rings. The molecule has 2 heterocycles. The zero-order chi connectivity index (χ0) is 24.9. The summed E-state index contributed by atoms with van der Waals surface area (Å²) < 4.78 is 11.0. The average molecular weight is 505 g/mol. The van der Waals surface area contributed by atoms with Crippen LogP contribution in [0.4, 0.5) is 0 Å². The van der Waals surface area contributed by atoms with Gasteiger partial charge in [0.25, 0.3) is 0 Å². The van der Waals surface area contributed by atoms with Gasteiger partial charge in [0.2, 0.25) is 18.6 Å². The van der Waals surface area contributed by atoms with Gasteiger partial charge in [-0.2, -0.15) is 0 Å². The third-order valence-corrected chi connectivity index (χ3v) is 7.80. The number of thiophene rings is 1. The fraction of sp³-hybridized carbons (Fsp3) is 0.379. The predicted molar refractivity (Wildman–Crippen MR) is 140 cm³/mol. The quantitative estimate of drug-likeness (QED) is 0.361. The van der Waals surface area contributed by atoms with E-state index in [4.69, 9.17) is 9.47 Å². The highest BCUT2D eigenvalue weighted by atomic mass is 32.1. The molecule has 3 aromatic rings. The van der Waals surface area contributed by atoms with Crippen molar-refractivity contribution < 1.29 is 19.1 Å². The molecule has 2 aliphatic rings. The van der Waals surface area contributed by atoms with Crippen LogP contribution in [0.1, 0.15) is 40.8 Å². The zero-order valence-electron chi connectivity index (χ0n) is 20.7. The molecule has 2 amide bonds. The summed E-state index contributed by atoms with van der Waals surface area (Å²) in [6.07, 6.45) is 3.36. The van der Waals surface area contributed by atoms with Gasteiger partial charge in [-0.3, -0.25) is 9.59 Å². The Morgan fingerprint density at radius 3 is 2.47 bits per heavy atom. The van der Waals surface area contributed by atoms with Gasteiger partial charge in [-0.25, -0.2) is 0 Å². The van der Waals surface area contributed by atoms with E-state index >= 15 is 0 Å². The molecule has 1 aromatic heterocycles. The number of hydrogen-bond donors (Lipinski definition) is 0. The third-order valence-electron chi connectivity index (χ3n) is 6.79. The van der Waals surface area contributed by atoms with Gasteiger partial charge < -0.3 is 19.3 Å². The van der Waals surface area contributed by atoms with Crippen LogP contribution in [0.5, 0.6) is 11.5 Å². The van der Waals surface area contributed by atoms with E-state index < -0.39 is 0 Å². The molecule has 0 spiro atoms. The molecule has 1 aliphatic carbocycles. The van der Waals surface area contributed by atoms with Crippen molar-refractivity contribution in [2.24, 2.45) is 5.92 Å². The molecule has 0 N–H and O–H groups in total. The van der Waals surface area contributed by atoms with Crippen molar-refractivity contribution in [3.05, 3.63) is 81.5 Å². The Balaban J connectivity index is 1.30. The standard InChI is InChI=1S/C29H32N2O4S/c1-21-13-14-36-27(21)18-30(17-24-9-11-25-26(15-24)35-20-34-25)29(33)19-31(16-23-7-8-23)28(32)12-10-22-5-3-2-4-6-22/h2-6,9,11,13-15,23H,7-8,10,12,16-20H2,1H3. The van der Waals surface area contributed by atoms with E-state index in [1.807, 2.05) is 53.4 Å². The molecule has 36 heavy (non-hydrogen) atoms. The van der Waals surface area contributed by atoms with Crippen molar-refractivity contribution in [3.63, 3.8) is 0 Å². The first-order valence-electron chi connectivity index (χ1n) is 12.6. The van der Waals surface area contributed by atoms with Crippen LogP contribution in [0.2, 0.25) is 0 Å². The predicted octanol–water partition coefficient (Wildman–Crippen LogP) is 5.19. The number of rotatable bonds is 11. The highest BCUT2D eigenvalue weighted by Gasteiger charge is 2.29. The lowest BCUT2D eigenvalue weighted by atomic mass is 10.1. The summed E-state index contributed by atoms with van der Waals surface area (Å²) in [7, 11) is 0. The van der Waals surface area contributed by atoms with Crippen LogP contribution in [0.3, 0.4) is 0 Å². The molecular weight excluding hydrogens is 472 g/mol. The minimum absolute atomic E-state index is 0.0332. The number of carbonyl (C=O) groups is 2. The van der Waals surface area contributed by atoms with Crippen molar-refractivity contribution in [2.45, 2.75) is 45.7 Å². The Bertz CT molecular complexity index is 1200. The second-order valence-electron chi connectivity index (χ2n) is 9.67. The molecule has 0 atom stereocenters. The maximum Gasteiger partial charge on any atom is 0.242 e. The van der Waals surface area contributed by atoms with Gasteiger partial charge >= 0.3 is 0 Å². The summed E-state index contributed by atoms with van der Waals surface area (Å²) in [6, 6.07) is 17.9. The van der Waals surface area contributed by atoms with Gasteiger partial charge in [-0.05, 0) is 72.4 Å². The average Bonchev–Trinajstić information content (AvgIpc) is 3.43. The Hall–Kier alpha value is -3.32. The molecule has 1 saturated carbocycles. The fourth-order valence-corrected chi connectivity index (χ4v) is 5.34. The molecule has 5 rings (SSSR count). The maximum atomic E-state index is 13.7. The molecule has 6 nitrogen and oxygen atoms in total. The first-order valence-corrected chi connectivity index (χ1v) is 13.4. The highest BCUT2D eigenvalue weighted by Crippen LogP contribution is 2.33. The molecule has 0 saturated heterocycles. The molecule has 7 heteroatoms. The van der Waals surface area contributed by atoms with E-state index in [0.29, 0.717) is 44.1 Å². The van der Waals surface area contributed by atoms with Gasteiger partial charge in [0.1, 0.15) is 0 Å². The first-order chi connectivity index (χ1) is 17.5. The van der Waals surface area contributed by atoms with E-state index in [2.05, 4.69) is 18.4 Å². The van der Waals surface area contributed by atoms with Crippen LogP contribution in [0, 0.1) is 12.8 Å². The summed E-state index contributed by atoms with van der Waals surface area (Å²) in [5, 5.41) is 2.06. The lowest BCUT2D eigenvalue weighted by Gasteiger charge is -2.28. The summed E-state index contributed by atoms with van der Waals surface area (Å²) in [5.74, 6) is 1.97. The molecule has 0 unspecified atom stereocenters. The number of benzene rings is 2. The third kappa shape index (κ3) is 6.26. The van der Waals surface area contributed by atoms with Gasteiger partial charge in [0, 0.05) is 24.4 Å². The SMILES string of the molecule is Cc1ccsc1CN(Cc1ccc2c(c1)OCO2)C(=O)CN(CC1CC1)C(=O)CCc1ccccc1. The maximum absolute atomic E-state index is 13.7. The Kier molecular flexibility index (Phi) is 7.56. The number of ether oxygens (including phenoxy) is 2. The van der Waals surface area contributed by atoms with E-state index in [1.54, 1.807) is 16.2 Å². The lowest BCUT2D eigenvalue weighted by molar-refractivity contribution is -0.141. The van der Waals surface area contributed by atoms with Crippen LogP contribution >= 0.6 is 11.3 Å². The van der Waals surface area contributed by atoms with Crippen molar-refractivity contribution in [3.8, 4) is 11.5 Å². The van der Waals surface area contributed by atoms with E-state index in [-0.39, 0.29) is 25.2 Å². The molecular formula is C29H32N2O4S. The molecule has 0 bridgehead atoms. The number of aryl methyl sites for hydroxylation is 2. The second-order valence-corrected chi connectivity index (χ2v) is 10.7. The van der Waals surface area contributed by atoms with Crippen molar-refractivity contribution in [1.29, 1.82) is 0 Å². The first kappa shape index (κ1) is 24.4. The summed E-state index contributed by atoms with van der Waals surface area (Å²) in [4.78, 5) is 31.7. The normalized spacial score (nSPS) is 14.0. The molecule has 0 radical (unpaired) electrons. The number of carbonyl (C=O) groups excluding carboxylic acids is 2. The van der Waals surface area contributed by atoms with Crippen molar-refractivity contribution in [2.75, 3.05) is 19.9 Å².